The van der Waals surface area contributed by atoms with Crippen molar-refractivity contribution in [2.24, 2.45) is 0 Å². The van der Waals surface area contributed by atoms with Gasteiger partial charge in [0.05, 0.1) is 12.8 Å². The van der Waals surface area contributed by atoms with E-state index in [1.54, 1.807) is 7.11 Å². The summed E-state index contributed by atoms with van der Waals surface area (Å²) in [5, 5.41) is 7.20. The number of halogens is 1. The van der Waals surface area contributed by atoms with Crippen LogP contribution >= 0.6 is 11.6 Å². The van der Waals surface area contributed by atoms with Crippen LogP contribution in [0.2, 0.25) is 5.02 Å². The highest BCUT2D eigenvalue weighted by atomic mass is 35.5. The smallest absolute Gasteiger partial charge is 0.221 e. The highest BCUT2D eigenvalue weighted by Crippen LogP contribution is 2.33. The standard InChI is InChI=1S/C19H21ClN2O2/c1-12(23)22-18-9-13(3-8-19(18)24-2)11-21-17-7-4-14-10-15(20)5-6-16(14)17/h3,5-6,8-10,17,21H,4,7,11H2,1-2H3,(H,22,23)/t17-/m1/s1. The molecule has 0 spiro atoms. The Morgan fingerprint density at radius 2 is 2.12 bits per heavy atom. The summed E-state index contributed by atoms with van der Waals surface area (Å²) in [6.45, 7) is 2.22. The zero-order chi connectivity index (χ0) is 17.1. The molecule has 2 aromatic carbocycles. The van der Waals surface area contributed by atoms with Crippen molar-refractivity contribution in [3.8, 4) is 5.75 Å². The molecule has 3 rings (SSSR count). The summed E-state index contributed by atoms with van der Waals surface area (Å²) in [6.07, 6.45) is 2.12. The first kappa shape index (κ1) is 16.8. The van der Waals surface area contributed by atoms with Crippen molar-refractivity contribution < 1.29 is 9.53 Å². The molecule has 0 aliphatic heterocycles. The number of benzene rings is 2. The van der Waals surface area contributed by atoms with E-state index in [9.17, 15) is 4.79 Å². The Morgan fingerprint density at radius 1 is 1.29 bits per heavy atom. The molecule has 0 radical (unpaired) electrons. The van der Waals surface area contributed by atoms with Gasteiger partial charge in [0.15, 0.2) is 0 Å². The van der Waals surface area contributed by atoms with Crippen molar-refractivity contribution in [2.75, 3.05) is 12.4 Å². The molecule has 2 aromatic rings. The number of methoxy groups -OCH3 is 1. The Balaban J connectivity index is 1.71. The lowest BCUT2D eigenvalue weighted by Gasteiger charge is -2.16. The lowest BCUT2D eigenvalue weighted by atomic mass is 10.1. The maximum atomic E-state index is 11.3. The van der Waals surface area contributed by atoms with Crippen LogP contribution in [0.15, 0.2) is 36.4 Å². The molecular weight excluding hydrogens is 324 g/mol. The number of rotatable bonds is 5. The lowest BCUT2D eigenvalue weighted by molar-refractivity contribution is -0.114. The number of hydrogen-bond donors (Lipinski definition) is 2. The summed E-state index contributed by atoms with van der Waals surface area (Å²) < 4.78 is 5.29. The number of ether oxygens (including phenoxy) is 1. The van der Waals surface area contributed by atoms with Gasteiger partial charge in [-0.05, 0) is 53.8 Å². The number of anilines is 1. The van der Waals surface area contributed by atoms with Crippen LogP contribution in [0, 0.1) is 0 Å². The maximum absolute atomic E-state index is 11.3. The highest BCUT2D eigenvalue weighted by Gasteiger charge is 2.22. The van der Waals surface area contributed by atoms with Crippen molar-refractivity contribution in [1.29, 1.82) is 0 Å². The van der Waals surface area contributed by atoms with Gasteiger partial charge in [0.2, 0.25) is 5.91 Å². The average Bonchev–Trinajstić information content (AvgIpc) is 2.94. The van der Waals surface area contributed by atoms with Crippen LogP contribution in [-0.2, 0) is 17.8 Å². The Hall–Kier alpha value is -2.04. The molecule has 126 valence electrons. The van der Waals surface area contributed by atoms with Crippen LogP contribution in [0.4, 0.5) is 5.69 Å². The third-order valence-corrected chi connectivity index (χ3v) is 4.55. The van der Waals surface area contributed by atoms with Crippen LogP contribution < -0.4 is 15.4 Å². The summed E-state index contributed by atoms with van der Waals surface area (Å²) in [7, 11) is 1.60. The van der Waals surface area contributed by atoms with E-state index in [1.807, 2.05) is 24.3 Å². The fraction of sp³-hybridized carbons (Fsp3) is 0.316. The quantitative estimate of drug-likeness (QED) is 0.859. The Morgan fingerprint density at radius 3 is 2.88 bits per heavy atom. The number of amides is 1. The Labute approximate surface area is 147 Å². The van der Waals surface area contributed by atoms with Crippen LogP contribution in [0.25, 0.3) is 0 Å². The number of aryl methyl sites for hydroxylation is 1. The summed E-state index contributed by atoms with van der Waals surface area (Å²) in [5.41, 5.74) is 4.45. The van der Waals surface area contributed by atoms with Gasteiger partial charge in [0.25, 0.3) is 0 Å². The van der Waals surface area contributed by atoms with Gasteiger partial charge in [-0.25, -0.2) is 0 Å². The molecule has 0 saturated carbocycles. The number of fused-ring (bicyclic) bond motifs is 1. The monoisotopic (exact) mass is 344 g/mol. The Bertz CT molecular complexity index is 761. The Kier molecular flexibility index (Phi) is 5.07. The van der Waals surface area contributed by atoms with E-state index < -0.39 is 0 Å². The molecule has 0 heterocycles. The largest absolute Gasteiger partial charge is 0.495 e. The summed E-state index contributed by atoms with van der Waals surface area (Å²) >= 11 is 6.06. The predicted molar refractivity (Wildman–Crippen MR) is 96.7 cm³/mol. The second kappa shape index (κ2) is 7.24. The molecule has 0 fully saturated rings. The zero-order valence-electron chi connectivity index (χ0n) is 13.9. The van der Waals surface area contributed by atoms with Crippen molar-refractivity contribution in [1.82, 2.24) is 5.32 Å². The van der Waals surface area contributed by atoms with Gasteiger partial charge in [0.1, 0.15) is 5.75 Å². The van der Waals surface area contributed by atoms with Gasteiger partial charge in [-0.2, -0.15) is 0 Å². The van der Waals surface area contributed by atoms with Crippen molar-refractivity contribution in [3.05, 3.63) is 58.1 Å². The molecule has 0 aromatic heterocycles. The second-order valence-corrected chi connectivity index (χ2v) is 6.47. The van der Waals surface area contributed by atoms with Crippen LogP contribution in [0.5, 0.6) is 5.75 Å². The summed E-state index contributed by atoms with van der Waals surface area (Å²) in [5.74, 6) is 0.551. The molecule has 0 unspecified atom stereocenters. The molecule has 1 atom stereocenters. The van der Waals surface area contributed by atoms with Crippen LogP contribution in [0.1, 0.15) is 36.1 Å². The van der Waals surface area contributed by atoms with E-state index in [0.29, 0.717) is 17.5 Å². The number of carbonyl (C=O) groups excluding carboxylic acids is 1. The first-order chi connectivity index (χ1) is 11.6. The molecule has 1 amide bonds. The van der Waals surface area contributed by atoms with Gasteiger partial charge < -0.3 is 15.4 Å². The van der Waals surface area contributed by atoms with E-state index in [0.717, 1.165) is 30.0 Å². The number of hydrogen-bond acceptors (Lipinski definition) is 3. The van der Waals surface area contributed by atoms with Crippen molar-refractivity contribution in [3.63, 3.8) is 0 Å². The third kappa shape index (κ3) is 3.71. The fourth-order valence-electron chi connectivity index (χ4n) is 3.19. The maximum Gasteiger partial charge on any atom is 0.221 e. The SMILES string of the molecule is COc1ccc(CN[C@@H]2CCc3cc(Cl)ccc32)cc1NC(C)=O. The van der Waals surface area contributed by atoms with Crippen molar-refractivity contribution in [2.45, 2.75) is 32.4 Å². The predicted octanol–water partition coefficient (Wildman–Crippen LogP) is 4.08. The molecule has 24 heavy (non-hydrogen) atoms. The zero-order valence-corrected chi connectivity index (χ0v) is 14.6. The fourth-order valence-corrected chi connectivity index (χ4v) is 3.39. The average molecular weight is 345 g/mol. The molecular formula is C19H21ClN2O2. The summed E-state index contributed by atoms with van der Waals surface area (Å²) in [4.78, 5) is 11.3. The summed E-state index contributed by atoms with van der Waals surface area (Å²) in [6, 6.07) is 12.3. The molecule has 0 bridgehead atoms. The minimum absolute atomic E-state index is 0.111. The van der Waals surface area contributed by atoms with Crippen LogP contribution in [-0.4, -0.2) is 13.0 Å². The van der Waals surface area contributed by atoms with Gasteiger partial charge in [-0.15, -0.1) is 0 Å². The first-order valence-corrected chi connectivity index (χ1v) is 8.41. The molecule has 4 nitrogen and oxygen atoms in total. The molecule has 0 saturated heterocycles. The topological polar surface area (TPSA) is 50.4 Å². The van der Waals surface area contributed by atoms with E-state index in [2.05, 4.69) is 22.8 Å². The third-order valence-electron chi connectivity index (χ3n) is 4.31. The minimum atomic E-state index is -0.111. The van der Waals surface area contributed by atoms with E-state index in [-0.39, 0.29) is 5.91 Å². The van der Waals surface area contributed by atoms with Gasteiger partial charge in [0, 0.05) is 24.5 Å². The van der Waals surface area contributed by atoms with E-state index >= 15 is 0 Å². The van der Waals surface area contributed by atoms with E-state index in [1.165, 1.54) is 18.1 Å². The molecule has 1 aliphatic rings. The normalized spacial score (nSPS) is 15.9. The first-order valence-electron chi connectivity index (χ1n) is 8.03. The molecule has 5 heteroatoms. The number of nitrogens with one attached hydrogen (secondary N) is 2. The van der Waals surface area contributed by atoms with Crippen molar-refractivity contribution >= 4 is 23.2 Å². The van der Waals surface area contributed by atoms with Gasteiger partial charge >= 0.3 is 0 Å². The lowest BCUT2D eigenvalue weighted by Crippen LogP contribution is -2.19. The minimum Gasteiger partial charge on any atom is -0.495 e. The number of carbonyl (C=O) groups is 1. The van der Waals surface area contributed by atoms with Gasteiger partial charge in [-0.3, -0.25) is 4.79 Å². The molecule has 1 aliphatic carbocycles. The highest BCUT2D eigenvalue weighted by molar-refractivity contribution is 6.30. The van der Waals surface area contributed by atoms with Gasteiger partial charge in [-0.1, -0.05) is 23.7 Å². The second-order valence-electron chi connectivity index (χ2n) is 6.03. The van der Waals surface area contributed by atoms with E-state index in [4.69, 9.17) is 16.3 Å². The molecule has 2 N–H and O–H groups in total. The van der Waals surface area contributed by atoms with Crippen LogP contribution in [0.3, 0.4) is 0 Å².